The van der Waals surface area contributed by atoms with Gasteiger partial charge in [0.1, 0.15) is 5.01 Å². The highest BCUT2D eigenvalue weighted by Crippen LogP contribution is 2.35. The summed E-state index contributed by atoms with van der Waals surface area (Å²) in [6, 6.07) is 8.56. The maximum Gasteiger partial charge on any atom is 0.234 e. The predicted octanol–water partition coefficient (Wildman–Crippen LogP) is 3.60. The Morgan fingerprint density at radius 1 is 1.39 bits per heavy atom. The van der Waals surface area contributed by atoms with Gasteiger partial charge < -0.3 is 5.32 Å². The SMILES string of the molecule is CC(C)CNC(=O)CN1CCCC[C@@H]1c1nc2ccccc2s1. The van der Waals surface area contributed by atoms with Crippen molar-refractivity contribution in [3.63, 3.8) is 0 Å². The molecule has 0 unspecified atom stereocenters. The first-order chi connectivity index (χ1) is 11.1. The third-order valence-electron chi connectivity index (χ3n) is 4.26. The van der Waals surface area contributed by atoms with Crippen LogP contribution in [0, 0.1) is 5.92 Å². The molecule has 2 heterocycles. The standard InChI is InChI=1S/C18H25N3OS/c1-13(2)11-19-17(22)12-21-10-6-5-8-15(21)18-20-14-7-3-4-9-16(14)23-18/h3-4,7,9,13,15H,5-6,8,10-12H2,1-2H3,(H,19,22)/t15-/m1/s1. The molecule has 2 aromatic rings. The van der Waals surface area contributed by atoms with Crippen LogP contribution in [0.25, 0.3) is 10.2 Å². The van der Waals surface area contributed by atoms with Gasteiger partial charge in [0.05, 0.1) is 22.8 Å². The first kappa shape index (κ1) is 16.4. The molecule has 1 aromatic carbocycles. The van der Waals surface area contributed by atoms with Gasteiger partial charge in [0.2, 0.25) is 5.91 Å². The van der Waals surface area contributed by atoms with Gasteiger partial charge in [-0.25, -0.2) is 4.98 Å². The fourth-order valence-corrected chi connectivity index (χ4v) is 4.19. The molecule has 1 aliphatic heterocycles. The largest absolute Gasteiger partial charge is 0.355 e. The number of benzene rings is 1. The van der Waals surface area contributed by atoms with Crippen LogP contribution in [0.1, 0.15) is 44.2 Å². The third kappa shape index (κ3) is 4.09. The normalized spacial score (nSPS) is 19.3. The van der Waals surface area contributed by atoms with Crippen molar-refractivity contribution in [1.29, 1.82) is 0 Å². The van der Waals surface area contributed by atoms with Gasteiger partial charge in [-0.1, -0.05) is 32.4 Å². The van der Waals surface area contributed by atoms with E-state index in [4.69, 9.17) is 4.98 Å². The van der Waals surface area contributed by atoms with Gasteiger partial charge in [0, 0.05) is 6.54 Å². The number of hydrogen-bond acceptors (Lipinski definition) is 4. The average Bonchev–Trinajstić information content (AvgIpc) is 2.97. The van der Waals surface area contributed by atoms with Crippen molar-refractivity contribution in [1.82, 2.24) is 15.2 Å². The van der Waals surface area contributed by atoms with E-state index in [1.165, 1.54) is 17.5 Å². The van der Waals surface area contributed by atoms with Crippen molar-refractivity contribution in [3.05, 3.63) is 29.3 Å². The number of thiazole rings is 1. The van der Waals surface area contributed by atoms with Crippen molar-refractivity contribution in [3.8, 4) is 0 Å². The summed E-state index contributed by atoms with van der Waals surface area (Å²) in [5, 5.41) is 4.19. The van der Waals surface area contributed by atoms with Crippen LogP contribution in [0.4, 0.5) is 0 Å². The fourth-order valence-electron chi connectivity index (χ4n) is 3.05. The molecule has 1 N–H and O–H groups in total. The maximum atomic E-state index is 12.2. The molecule has 0 radical (unpaired) electrons. The van der Waals surface area contributed by atoms with E-state index in [9.17, 15) is 4.79 Å². The van der Waals surface area contributed by atoms with Gasteiger partial charge >= 0.3 is 0 Å². The lowest BCUT2D eigenvalue weighted by Crippen LogP contribution is -2.42. The van der Waals surface area contributed by atoms with Crippen molar-refractivity contribution in [2.24, 2.45) is 5.92 Å². The minimum Gasteiger partial charge on any atom is -0.355 e. The summed E-state index contributed by atoms with van der Waals surface area (Å²) < 4.78 is 1.23. The zero-order chi connectivity index (χ0) is 16.2. The first-order valence-electron chi connectivity index (χ1n) is 8.49. The maximum absolute atomic E-state index is 12.2. The number of rotatable bonds is 5. The molecule has 3 rings (SSSR count). The molecule has 1 amide bonds. The highest BCUT2D eigenvalue weighted by Gasteiger charge is 2.28. The number of fused-ring (bicyclic) bond motifs is 1. The molecule has 1 fully saturated rings. The van der Waals surface area contributed by atoms with Crippen LogP contribution in [0.5, 0.6) is 0 Å². The highest BCUT2D eigenvalue weighted by atomic mass is 32.1. The monoisotopic (exact) mass is 331 g/mol. The van der Waals surface area contributed by atoms with Crippen molar-refractivity contribution in [2.45, 2.75) is 39.2 Å². The topological polar surface area (TPSA) is 45.2 Å². The van der Waals surface area contributed by atoms with Crippen molar-refractivity contribution in [2.75, 3.05) is 19.6 Å². The Balaban J connectivity index is 1.72. The molecule has 1 atom stereocenters. The van der Waals surface area contributed by atoms with Gasteiger partial charge in [-0.15, -0.1) is 11.3 Å². The second-order valence-corrected chi connectivity index (χ2v) is 7.76. The molecule has 124 valence electrons. The molecular formula is C18H25N3OS. The Labute approximate surface area is 141 Å². The van der Waals surface area contributed by atoms with E-state index in [1.54, 1.807) is 11.3 Å². The molecular weight excluding hydrogens is 306 g/mol. The van der Waals surface area contributed by atoms with Gasteiger partial charge in [-0.3, -0.25) is 9.69 Å². The summed E-state index contributed by atoms with van der Waals surface area (Å²) in [4.78, 5) is 19.3. The van der Waals surface area contributed by atoms with E-state index in [1.807, 2.05) is 6.07 Å². The van der Waals surface area contributed by atoms with E-state index in [0.29, 0.717) is 12.5 Å². The van der Waals surface area contributed by atoms with E-state index in [-0.39, 0.29) is 11.9 Å². The number of nitrogens with zero attached hydrogens (tertiary/aromatic N) is 2. The fraction of sp³-hybridized carbons (Fsp3) is 0.556. The first-order valence-corrected chi connectivity index (χ1v) is 9.31. The molecule has 0 bridgehead atoms. The van der Waals surface area contributed by atoms with Crippen LogP contribution in [-0.2, 0) is 4.79 Å². The summed E-state index contributed by atoms with van der Waals surface area (Å²) >= 11 is 1.77. The summed E-state index contributed by atoms with van der Waals surface area (Å²) in [6.45, 7) is 6.44. The Morgan fingerprint density at radius 3 is 3.00 bits per heavy atom. The third-order valence-corrected chi connectivity index (χ3v) is 5.40. The summed E-state index contributed by atoms with van der Waals surface area (Å²) in [6.07, 6.45) is 3.47. The van der Waals surface area contributed by atoms with Crippen LogP contribution in [-0.4, -0.2) is 35.4 Å². The number of likely N-dealkylation sites (tertiary alicyclic amines) is 1. The summed E-state index contributed by atoms with van der Waals surface area (Å²) in [5.41, 5.74) is 1.07. The van der Waals surface area contributed by atoms with Crippen molar-refractivity contribution < 1.29 is 4.79 Å². The lowest BCUT2D eigenvalue weighted by Gasteiger charge is -2.33. The lowest BCUT2D eigenvalue weighted by molar-refractivity contribution is -0.123. The highest BCUT2D eigenvalue weighted by molar-refractivity contribution is 7.18. The molecule has 4 nitrogen and oxygen atoms in total. The smallest absolute Gasteiger partial charge is 0.234 e. The van der Waals surface area contributed by atoms with Crippen molar-refractivity contribution >= 4 is 27.5 Å². The molecule has 0 aliphatic carbocycles. The van der Waals surface area contributed by atoms with E-state index < -0.39 is 0 Å². The van der Waals surface area contributed by atoms with E-state index >= 15 is 0 Å². The minimum atomic E-state index is 0.131. The second-order valence-electron chi connectivity index (χ2n) is 6.70. The van der Waals surface area contributed by atoms with Gasteiger partial charge in [0.25, 0.3) is 0 Å². The predicted molar refractivity (Wildman–Crippen MR) is 95.6 cm³/mol. The van der Waals surface area contributed by atoms with Crippen LogP contribution < -0.4 is 5.32 Å². The van der Waals surface area contributed by atoms with Crippen LogP contribution in [0.2, 0.25) is 0 Å². The van der Waals surface area contributed by atoms with Gasteiger partial charge in [-0.05, 0) is 37.4 Å². The number of piperidine rings is 1. The van der Waals surface area contributed by atoms with E-state index in [0.717, 1.165) is 30.0 Å². The Bertz CT molecular complexity index is 634. The zero-order valence-corrected chi connectivity index (χ0v) is 14.7. The molecule has 1 aromatic heterocycles. The molecule has 1 aliphatic rings. The number of carbonyl (C=O) groups is 1. The molecule has 5 heteroatoms. The Hall–Kier alpha value is -1.46. The number of para-hydroxylation sites is 1. The second kappa shape index (κ2) is 7.41. The van der Waals surface area contributed by atoms with E-state index in [2.05, 4.69) is 42.3 Å². The number of amides is 1. The quantitative estimate of drug-likeness (QED) is 0.910. The van der Waals surface area contributed by atoms with Gasteiger partial charge in [0.15, 0.2) is 0 Å². The minimum absolute atomic E-state index is 0.131. The molecule has 23 heavy (non-hydrogen) atoms. The zero-order valence-electron chi connectivity index (χ0n) is 13.9. The van der Waals surface area contributed by atoms with Crippen LogP contribution >= 0.6 is 11.3 Å². The number of nitrogens with one attached hydrogen (secondary N) is 1. The summed E-state index contributed by atoms with van der Waals surface area (Å²) in [7, 11) is 0. The Morgan fingerprint density at radius 2 is 2.22 bits per heavy atom. The molecule has 0 saturated carbocycles. The lowest BCUT2D eigenvalue weighted by atomic mass is 10.0. The number of hydrogen-bond donors (Lipinski definition) is 1. The summed E-state index contributed by atoms with van der Waals surface area (Å²) in [5.74, 6) is 0.618. The molecule has 1 saturated heterocycles. The molecule has 0 spiro atoms. The van der Waals surface area contributed by atoms with Gasteiger partial charge in [-0.2, -0.15) is 0 Å². The number of aromatic nitrogens is 1. The Kier molecular flexibility index (Phi) is 5.28. The van der Waals surface area contributed by atoms with Crippen LogP contribution in [0.15, 0.2) is 24.3 Å². The average molecular weight is 331 g/mol. The van der Waals surface area contributed by atoms with Crippen LogP contribution in [0.3, 0.4) is 0 Å². The number of carbonyl (C=O) groups excluding carboxylic acids is 1.